The molecule has 0 saturated heterocycles. The summed E-state index contributed by atoms with van der Waals surface area (Å²) >= 11 is 11.8. The SMILES string of the molecule is CCCCCCCCCCCCN1C(=O)c2ccc3c4c(ccc(c24)C1=S)C(=S)N(CCCCCCCCCCCC)C3=O. The first kappa shape index (κ1) is 34.7. The van der Waals surface area contributed by atoms with Gasteiger partial charge in [0.2, 0.25) is 0 Å². The maximum absolute atomic E-state index is 13.7. The standard InChI is InChI=1S/C38H54N2O2S2/c1-3-5-7-9-11-13-15-17-19-21-27-39-35(41)29-23-24-30-34-32(26-25-31(33(29)34)37(39)43)38(44)40(36(30)42)28-22-20-18-16-14-12-10-8-6-4-2/h23-26H,3-22,27-28H2,1-2H3. The molecular weight excluding hydrogens is 581 g/mol. The fourth-order valence-corrected chi connectivity index (χ4v) is 7.58. The van der Waals surface area contributed by atoms with Crippen LogP contribution in [-0.4, -0.2) is 44.7 Å². The number of thiocarbonyl (C=S) groups is 2. The number of benzene rings is 2. The van der Waals surface area contributed by atoms with E-state index in [-0.39, 0.29) is 11.8 Å². The van der Waals surface area contributed by atoms with Crippen LogP contribution in [0.15, 0.2) is 24.3 Å². The summed E-state index contributed by atoms with van der Waals surface area (Å²) in [5.41, 5.74) is 3.03. The molecule has 0 bridgehead atoms. The summed E-state index contributed by atoms with van der Waals surface area (Å²) in [6.07, 6.45) is 25.1. The number of carbonyl (C=O) groups excluding carboxylic acids is 2. The molecule has 44 heavy (non-hydrogen) atoms. The van der Waals surface area contributed by atoms with Crippen LogP contribution in [-0.2, 0) is 0 Å². The predicted molar refractivity (Wildman–Crippen MR) is 193 cm³/mol. The molecule has 240 valence electrons. The molecule has 2 aliphatic rings. The highest BCUT2D eigenvalue weighted by molar-refractivity contribution is 7.81. The van der Waals surface area contributed by atoms with E-state index in [4.69, 9.17) is 24.4 Å². The van der Waals surface area contributed by atoms with E-state index in [9.17, 15) is 9.59 Å². The van der Waals surface area contributed by atoms with Gasteiger partial charge < -0.3 is 0 Å². The van der Waals surface area contributed by atoms with Crippen molar-refractivity contribution in [3.05, 3.63) is 46.5 Å². The van der Waals surface area contributed by atoms with E-state index in [0.717, 1.165) is 47.6 Å². The number of rotatable bonds is 22. The predicted octanol–water partition coefficient (Wildman–Crippen LogP) is 10.9. The Labute approximate surface area is 277 Å². The van der Waals surface area contributed by atoms with Crippen molar-refractivity contribution in [2.24, 2.45) is 0 Å². The van der Waals surface area contributed by atoms with Crippen LogP contribution in [0.2, 0.25) is 0 Å². The number of hydrogen-bond donors (Lipinski definition) is 0. The molecule has 0 fully saturated rings. The lowest BCUT2D eigenvalue weighted by atomic mass is 9.86. The largest absolute Gasteiger partial charge is 0.299 e. The van der Waals surface area contributed by atoms with Gasteiger partial charge in [-0.1, -0.05) is 166 Å². The maximum atomic E-state index is 13.7. The lowest BCUT2D eigenvalue weighted by Gasteiger charge is -2.34. The summed E-state index contributed by atoms with van der Waals surface area (Å²) in [5.74, 6) is -0.0958. The lowest BCUT2D eigenvalue weighted by Crippen LogP contribution is -2.43. The Bertz CT molecular complexity index is 1130. The molecule has 0 radical (unpaired) electrons. The van der Waals surface area contributed by atoms with Gasteiger partial charge in [0.05, 0.1) is 0 Å². The van der Waals surface area contributed by atoms with E-state index >= 15 is 0 Å². The second-order valence-electron chi connectivity index (χ2n) is 13.0. The van der Waals surface area contributed by atoms with E-state index in [0.29, 0.717) is 34.2 Å². The van der Waals surface area contributed by atoms with Crippen molar-refractivity contribution < 1.29 is 9.59 Å². The summed E-state index contributed by atoms with van der Waals surface area (Å²) < 4.78 is 0. The highest BCUT2D eigenvalue weighted by atomic mass is 32.1. The number of nitrogens with zero attached hydrogens (tertiary/aromatic N) is 2. The van der Waals surface area contributed by atoms with Crippen LogP contribution in [0.3, 0.4) is 0 Å². The normalized spacial score (nSPS) is 14.4. The molecule has 2 heterocycles. The Morgan fingerprint density at radius 3 is 1.02 bits per heavy atom. The minimum Gasteiger partial charge on any atom is -0.299 e. The summed E-state index contributed by atoms with van der Waals surface area (Å²) in [7, 11) is 0. The number of unbranched alkanes of at least 4 members (excludes halogenated alkanes) is 18. The summed E-state index contributed by atoms with van der Waals surface area (Å²) in [6.45, 7) is 5.80. The summed E-state index contributed by atoms with van der Waals surface area (Å²) in [4.78, 5) is 32.1. The van der Waals surface area contributed by atoms with Gasteiger partial charge in [0, 0.05) is 46.1 Å². The van der Waals surface area contributed by atoms with Gasteiger partial charge in [-0.3, -0.25) is 19.4 Å². The lowest BCUT2D eigenvalue weighted by molar-refractivity contribution is 0.0835. The van der Waals surface area contributed by atoms with Gasteiger partial charge in [-0.15, -0.1) is 0 Å². The van der Waals surface area contributed by atoms with Crippen molar-refractivity contribution in [3.8, 4) is 0 Å². The second-order valence-corrected chi connectivity index (χ2v) is 13.7. The molecule has 2 aromatic rings. The Morgan fingerprint density at radius 2 is 0.705 bits per heavy atom. The molecule has 0 unspecified atom stereocenters. The highest BCUT2D eigenvalue weighted by Gasteiger charge is 2.36. The molecule has 2 aromatic carbocycles. The van der Waals surface area contributed by atoms with E-state index in [1.54, 1.807) is 9.80 Å². The Balaban J connectivity index is 1.31. The molecule has 2 amide bonds. The van der Waals surface area contributed by atoms with Crippen molar-refractivity contribution in [1.82, 2.24) is 9.80 Å². The summed E-state index contributed by atoms with van der Waals surface area (Å²) in [6, 6.07) is 7.72. The molecule has 0 aromatic heterocycles. The third-order valence-corrected chi connectivity index (χ3v) is 10.4. The minimum absolute atomic E-state index is 0.0479. The fourth-order valence-electron chi connectivity index (χ4n) is 6.90. The molecule has 0 N–H and O–H groups in total. The van der Waals surface area contributed by atoms with Crippen LogP contribution in [0, 0.1) is 0 Å². The van der Waals surface area contributed by atoms with E-state index in [2.05, 4.69) is 13.8 Å². The van der Waals surface area contributed by atoms with Crippen LogP contribution >= 0.6 is 24.4 Å². The Morgan fingerprint density at radius 1 is 0.432 bits per heavy atom. The van der Waals surface area contributed by atoms with Crippen molar-refractivity contribution in [2.45, 2.75) is 142 Å². The molecule has 0 atom stereocenters. The highest BCUT2D eigenvalue weighted by Crippen LogP contribution is 2.38. The Hall–Kier alpha value is -2.18. The monoisotopic (exact) mass is 634 g/mol. The smallest absolute Gasteiger partial charge is 0.259 e. The molecule has 0 spiro atoms. The minimum atomic E-state index is -0.0479. The van der Waals surface area contributed by atoms with Crippen molar-refractivity contribution in [3.63, 3.8) is 0 Å². The van der Waals surface area contributed by atoms with E-state index in [1.807, 2.05) is 24.3 Å². The van der Waals surface area contributed by atoms with Gasteiger partial charge in [0.1, 0.15) is 9.98 Å². The van der Waals surface area contributed by atoms with Crippen molar-refractivity contribution in [2.75, 3.05) is 13.1 Å². The zero-order valence-corrected chi connectivity index (χ0v) is 29.0. The average Bonchev–Trinajstić information content (AvgIpc) is 3.03. The van der Waals surface area contributed by atoms with Gasteiger partial charge in [-0.25, -0.2) is 0 Å². The molecule has 6 heteroatoms. The van der Waals surface area contributed by atoms with Crippen molar-refractivity contribution in [1.29, 1.82) is 0 Å². The molecule has 4 rings (SSSR count). The van der Waals surface area contributed by atoms with E-state index < -0.39 is 0 Å². The molecule has 2 aliphatic heterocycles. The number of amides is 2. The van der Waals surface area contributed by atoms with Gasteiger partial charge >= 0.3 is 0 Å². The molecule has 4 nitrogen and oxygen atoms in total. The van der Waals surface area contributed by atoms with Gasteiger partial charge in [-0.2, -0.15) is 0 Å². The van der Waals surface area contributed by atoms with Gasteiger partial charge in [0.15, 0.2) is 0 Å². The van der Waals surface area contributed by atoms with Crippen LogP contribution < -0.4 is 0 Å². The average molecular weight is 635 g/mol. The second kappa shape index (κ2) is 18.1. The van der Waals surface area contributed by atoms with Crippen molar-refractivity contribution >= 4 is 57.0 Å². The van der Waals surface area contributed by atoms with Crippen LogP contribution in [0.1, 0.15) is 174 Å². The zero-order valence-electron chi connectivity index (χ0n) is 27.4. The first-order chi connectivity index (χ1) is 21.5. The quantitative estimate of drug-likeness (QED) is 0.0954. The first-order valence-corrected chi connectivity index (χ1v) is 18.6. The Kier molecular flexibility index (Phi) is 14.3. The van der Waals surface area contributed by atoms with Crippen LogP contribution in [0.25, 0.3) is 10.8 Å². The third-order valence-electron chi connectivity index (χ3n) is 9.53. The van der Waals surface area contributed by atoms with E-state index in [1.165, 1.54) is 103 Å². The zero-order chi connectivity index (χ0) is 31.3. The number of carbonyl (C=O) groups is 2. The third kappa shape index (κ3) is 8.54. The first-order valence-electron chi connectivity index (χ1n) is 17.8. The van der Waals surface area contributed by atoms with Crippen LogP contribution in [0.4, 0.5) is 0 Å². The molecule has 0 aliphatic carbocycles. The van der Waals surface area contributed by atoms with Gasteiger partial charge in [-0.05, 0) is 25.0 Å². The maximum Gasteiger partial charge on any atom is 0.259 e. The topological polar surface area (TPSA) is 40.6 Å². The molecular formula is C38H54N2O2S2. The van der Waals surface area contributed by atoms with Gasteiger partial charge in [0.25, 0.3) is 11.8 Å². The molecule has 0 saturated carbocycles. The summed E-state index contributed by atoms with van der Waals surface area (Å²) in [5, 5.41) is 1.62. The fraction of sp³-hybridized carbons (Fsp3) is 0.632. The van der Waals surface area contributed by atoms with Crippen LogP contribution in [0.5, 0.6) is 0 Å². The number of hydrogen-bond acceptors (Lipinski definition) is 4.